The Morgan fingerprint density at radius 1 is 1.03 bits per heavy atom. The number of esters is 1. The number of carbonyl (C=O) groups is 2. The van der Waals surface area contributed by atoms with E-state index in [1.165, 1.54) is 7.11 Å². The lowest BCUT2D eigenvalue weighted by Gasteiger charge is -2.63. The van der Waals surface area contributed by atoms with Crippen molar-refractivity contribution < 1.29 is 29.6 Å². The second-order valence-electron chi connectivity index (χ2n) is 14.7. The first-order chi connectivity index (χ1) is 17.2. The normalized spacial score (nSPS) is 51.4. The van der Waals surface area contributed by atoms with Crippen LogP contribution in [0.3, 0.4) is 0 Å². The molecule has 3 N–H and O–H groups in total. The fourth-order valence-corrected chi connectivity index (χ4v) is 11.1. The van der Waals surface area contributed by atoms with Gasteiger partial charge in [0.1, 0.15) is 6.29 Å². The molecule has 0 amide bonds. The Hall–Kier alpha value is -1.24. The monoisotopic (exact) mass is 516 g/mol. The summed E-state index contributed by atoms with van der Waals surface area (Å²) in [4.78, 5) is 25.4. The van der Waals surface area contributed by atoms with Crippen molar-refractivity contribution in [3.8, 4) is 0 Å². The number of aldehydes is 1. The van der Waals surface area contributed by atoms with Crippen molar-refractivity contribution in [3.05, 3.63) is 12.2 Å². The Morgan fingerprint density at radius 3 is 2.32 bits per heavy atom. The van der Waals surface area contributed by atoms with E-state index >= 15 is 0 Å². The molecular weight excluding hydrogens is 468 g/mol. The zero-order valence-corrected chi connectivity index (χ0v) is 23.6. The smallest absolute Gasteiger partial charge is 0.314 e. The third-order valence-corrected chi connectivity index (χ3v) is 13.1. The minimum absolute atomic E-state index is 0.00854. The SMILES string of the molecule is COC(=O)[C@]1(C)[C@@H](O)C[C@H](O)[C@]23C[C@]24CC[C@]2(C)[C@@H](C(C=O)C/C=C/C(C)(C)O)CC[C@@]2(C)[C@@H]4CC[C@@H]13. The van der Waals surface area contributed by atoms with E-state index in [-0.39, 0.29) is 45.9 Å². The second kappa shape index (κ2) is 8.38. The number of carbonyl (C=O) groups excluding carboxylic acids is 2. The Bertz CT molecular complexity index is 985. The number of aliphatic hydroxyl groups excluding tert-OH is 2. The summed E-state index contributed by atoms with van der Waals surface area (Å²) >= 11 is 0. The first kappa shape index (κ1) is 27.3. The molecule has 0 heterocycles. The molecule has 6 heteroatoms. The van der Waals surface area contributed by atoms with Crippen LogP contribution in [-0.4, -0.2) is 52.5 Å². The van der Waals surface area contributed by atoms with Crippen LogP contribution in [0.25, 0.3) is 0 Å². The first-order valence-electron chi connectivity index (χ1n) is 14.5. The van der Waals surface area contributed by atoms with Crippen LogP contribution in [0.5, 0.6) is 0 Å². The average molecular weight is 517 g/mol. The quantitative estimate of drug-likeness (QED) is 0.274. The molecule has 208 valence electrons. The lowest BCUT2D eigenvalue weighted by molar-refractivity contribution is -0.212. The summed E-state index contributed by atoms with van der Waals surface area (Å²) in [5.74, 6) is 0.234. The van der Waals surface area contributed by atoms with Crippen LogP contribution >= 0.6 is 0 Å². The fraction of sp³-hybridized carbons (Fsp3) is 0.871. The Labute approximate surface area is 222 Å². The minimum atomic E-state index is -0.988. The van der Waals surface area contributed by atoms with Crippen molar-refractivity contribution in [1.82, 2.24) is 0 Å². The molecule has 0 aromatic carbocycles. The van der Waals surface area contributed by atoms with Gasteiger partial charge in [0.2, 0.25) is 0 Å². The first-order valence-corrected chi connectivity index (χ1v) is 14.5. The van der Waals surface area contributed by atoms with Crippen molar-refractivity contribution in [3.63, 3.8) is 0 Å². The van der Waals surface area contributed by atoms with Gasteiger partial charge in [-0.25, -0.2) is 0 Å². The molecule has 37 heavy (non-hydrogen) atoms. The summed E-state index contributed by atoms with van der Waals surface area (Å²) in [5.41, 5.74) is -2.13. The molecule has 5 aliphatic carbocycles. The lowest BCUT2D eigenvalue weighted by atomic mass is 9.41. The van der Waals surface area contributed by atoms with Gasteiger partial charge in [-0.15, -0.1) is 0 Å². The molecule has 5 fully saturated rings. The summed E-state index contributed by atoms with van der Waals surface area (Å²) in [6.07, 6.45) is 11.1. The number of ether oxygens (including phenoxy) is 1. The molecule has 5 saturated carbocycles. The molecule has 0 bridgehead atoms. The van der Waals surface area contributed by atoms with E-state index in [2.05, 4.69) is 13.8 Å². The van der Waals surface area contributed by atoms with E-state index in [1.807, 2.05) is 13.0 Å². The zero-order chi connectivity index (χ0) is 27.2. The van der Waals surface area contributed by atoms with Gasteiger partial charge in [0.25, 0.3) is 0 Å². The van der Waals surface area contributed by atoms with Crippen LogP contribution < -0.4 is 0 Å². The Kier molecular flexibility index (Phi) is 6.19. The molecule has 0 aromatic rings. The molecule has 1 unspecified atom stereocenters. The molecular formula is C31H48O6. The summed E-state index contributed by atoms with van der Waals surface area (Å²) in [6, 6.07) is 0. The summed E-state index contributed by atoms with van der Waals surface area (Å²) in [7, 11) is 1.40. The van der Waals surface area contributed by atoms with Crippen LogP contribution in [-0.2, 0) is 14.3 Å². The standard InChI is InChI=1S/C31H48O6/c1-26(2,36)12-7-8-19(17-32)20-11-13-28(4)21-9-10-22-29(5,25(35)37-6)23(33)16-24(34)31(22)18-30(21,31)15-14-27(20,28)3/h7,12,17,19-24,33-34,36H,8-11,13-16,18H2,1-6H3/b12-7+/t19?,20-,21+,22+,23+,24+,27-,28+,29+,30+,31-/m1/s1. The summed E-state index contributed by atoms with van der Waals surface area (Å²) < 4.78 is 5.22. The molecule has 5 rings (SSSR count). The van der Waals surface area contributed by atoms with Crippen molar-refractivity contribution in [2.75, 3.05) is 7.11 Å². The van der Waals surface area contributed by atoms with Crippen molar-refractivity contribution >= 4 is 12.3 Å². The Morgan fingerprint density at radius 2 is 1.70 bits per heavy atom. The van der Waals surface area contributed by atoms with Gasteiger partial charge in [-0.2, -0.15) is 0 Å². The predicted octanol–water partition coefficient (Wildman–Crippen LogP) is 4.44. The lowest BCUT2D eigenvalue weighted by Crippen LogP contribution is -2.63. The fourth-order valence-electron chi connectivity index (χ4n) is 11.1. The van der Waals surface area contributed by atoms with Crippen molar-refractivity contribution in [2.45, 2.75) is 110 Å². The number of allylic oxidation sites excluding steroid dienone is 1. The highest BCUT2D eigenvalue weighted by Crippen LogP contribution is 2.89. The van der Waals surface area contributed by atoms with Gasteiger partial charge in [-0.05, 0) is 106 Å². The third kappa shape index (κ3) is 3.34. The van der Waals surface area contributed by atoms with Crippen LogP contribution in [0.1, 0.15) is 92.4 Å². The van der Waals surface area contributed by atoms with Crippen LogP contribution in [0.2, 0.25) is 0 Å². The molecule has 0 radical (unpaired) electrons. The maximum atomic E-state index is 13.1. The average Bonchev–Trinajstić information content (AvgIpc) is 3.45. The number of methoxy groups -OCH3 is 1. The van der Waals surface area contributed by atoms with Gasteiger partial charge in [0.15, 0.2) is 0 Å². The van der Waals surface area contributed by atoms with Crippen molar-refractivity contribution in [2.24, 2.45) is 50.7 Å². The molecule has 11 atom stereocenters. The van der Waals surface area contributed by atoms with E-state index in [1.54, 1.807) is 19.9 Å². The maximum Gasteiger partial charge on any atom is 0.314 e. The highest BCUT2D eigenvalue weighted by molar-refractivity contribution is 5.78. The topological polar surface area (TPSA) is 104 Å². The molecule has 0 aliphatic heterocycles. The summed E-state index contributed by atoms with van der Waals surface area (Å²) in [6.45, 7) is 10.2. The number of hydrogen-bond acceptors (Lipinski definition) is 6. The third-order valence-electron chi connectivity index (χ3n) is 13.1. The highest BCUT2D eigenvalue weighted by atomic mass is 16.5. The van der Waals surface area contributed by atoms with Gasteiger partial charge in [0.05, 0.1) is 30.3 Å². The van der Waals surface area contributed by atoms with E-state index < -0.39 is 23.2 Å². The molecule has 2 spiro atoms. The van der Waals surface area contributed by atoms with Gasteiger partial charge in [0, 0.05) is 17.8 Å². The largest absolute Gasteiger partial charge is 0.469 e. The number of aliphatic hydroxyl groups is 3. The molecule has 0 saturated heterocycles. The number of hydrogen-bond donors (Lipinski definition) is 3. The van der Waals surface area contributed by atoms with E-state index in [0.717, 1.165) is 51.2 Å². The predicted molar refractivity (Wildman–Crippen MR) is 140 cm³/mol. The van der Waals surface area contributed by atoms with Crippen LogP contribution in [0.15, 0.2) is 12.2 Å². The number of rotatable bonds is 6. The van der Waals surface area contributed by atoms with Gasteiger partial charge >= 0.3 is 5.97 Å². The van der Waals surface area contributed by atoms with Crippen LogP contribution in [0.4, 0.5) is 0 Å². The van der Waals surface area contributed by atoms with Gasteiger partial charge in [-0.1, -0.05) is 26.0 Å². The molecule has 0 aromatic heterocycles. The Balaban J connectivity index is 1.46. The van der Waals surface area contributed by atoms with Crippen LogP contribution in [0, 0.1) is 50.7 Å². The number of fused-ring (bicyclic) bond motifs is 2. The molecule has 5 aliphatic rings. The van der Waals surface area contributed by atoms with Gasteiger partial charge in [-0.3, -0.25) is 4.79 Å². The van der Waals surface area contributed by atoms with E-state index in [9.17, 15) is 24.9 Å². The summed E-state index contributed by atoms with van der Waals surface area (Å²) in [5, 5.41) is 32.7. The maximum absolute atomic E-state index is 13.1. The zero-order valence-electron chi connectivity index (χ0n) is 23.6. The second-order valence-corrected chi connectivity index (χ2v) is 14.7. The minimum Gasteiger partial charge on any atom is -0.469 e. The van der Waals surface area contributed by atoms with Gasteiger partial charge < -0.3 is 24.9 Å². The van der Waals surface area contributed by atoms with Crippen molar-refractivity contribution in [1.29, 1.82) is 0 Å². The van der Waals surface area contributed by atoms with E-state index in [0.29, 0.717) is 18.3 Å². The molecule has 6 nitrogen and oxygen atoms in total. The highest BCUT2D eigenvalue weighted by Gasteiger charge is 2.85. The van der Waals surface area contributed by atoms with E-state index in [4.69, 9.17) is 4.74 Å².